The summed E-state index contributed by atoms with van der Waals surface area (Å²) >= 11 is 0. The molecule has 2 aromatic carbocycles. The molecule has 1 aliphatic carbocycles. The first kappa shape index (κ1) is 18.7. The molecular formula is C21H25ClN2O2. The third-order valence-electron chi connectivity index (χ3n) is 5.61. The SMILES string of the molecule is Cl.NCC1(c2ccccc2)CC(NC(=O)C2CCc3ccccc3O2)C1. The predicted molar refractivity (Wildman–Crippen MR) is 105 cm³/mol. The fourth-order valence-corrected chi connectivity index (χ4v) is 4.10. The Morgan fingerprint density at radius 2 is 1.81 bits per heavy atom. The minimum absolute atomic E-state index is 0. The lowest BCUT2D eigenvalue weighted by atomic mass is 9.61. The molecule has 0 radical (unpaired) electrons. The minimum atomic E-state index is -0.389. The van der Waals surface area contributed by atoms with Crippen LogP contribution in [0.4, 0.5) is 0 Å². The van der Waals surface area contributed by atoms with Crippen LogP contribution in [0.15, 0.2) is 54.6 Å². The molecule has 1 fully saturated rings. The van der Waals surface area contributed by atoms with E-state index in [4.69, 9.17) is 10.5 Å². The summed E-state index contributed by atoms with van der Waals surface area (Å²) in [4.78, 5) is 12.6. The van der Waals surface area contributed by atoms with Crippen LogP contribution in [0, 0.1) is 0 Å². The number of benzene rings is 2. The van der Waals surface area contributed by atoms with Crippen molar-refractivity contribution in [2.75, 3.05) is 6.54 Å². The fraction of sp³-hybridized carbons (Fsp3) is 0.381. The number of hydrogen-bond donors (Lipinski definition) is 2. The number of hydrogen-bond acceptors (Lipinski definition) is 3. The highest BCUT2D eigenvalue weighted by atomic mass is 35.5. The molecule has 1 unspecified atom stereocenters. The van der Waals surface area contributed by atoms with Gasteiger partial charge in [0.15, 0.2) is 6.10 Å². The van der Waals surface area contributed by atoms with E-state index in [0.717, 1.165) is 31.4 Å². The van der Waals surface area contributed by atoms with E-state index in [1.807, 2.05) is 36.4 Å². The molecule has 26 heavy (non-hydrogen) atoms. The van der Waals surface area contributed by atoms with E-state index in [1.54, 1.807) is 0 Å². The van der Waals surface area contributed by atoms with Crippen molar-refractivity contribution in [1.82, 2.24) is 5.32 Å². The number of carbonyl (C=O) groups is 1. The van der Waals surface area contributed by atoms with Gasteiger partial charge >= 0.3 is 0 Å². The average molecular weight is 373 g/mol. The maximum atomic E-state index is 12.6. The lowest BCUT2D eigenvalue weighted by Gasteiger charge is -2.48. The molecular weight excluding hydrogens is 348 g/mol. The second kappa shape index (κ2) is 7.68. The molecule has 138 valence electrons. The van der Waals surface area contributed by atoms with E-state index in [-0.39, 0.29) is 35.9 Å². The zero-order chi connectivity index (χ0) is 17.3. The predicted octanol–water partition coefficient (Wildman–Crippen LogP) is 2.98. The fourth-order valence-electron chi connectivity index (χ4n) is 4.10. The van der Waals surface area contributed by atoms with E-state index in [2.05, 4.69) is 23.5 Å². The number of ether oxygens (including phenoxy) is 1. The van der Waals surface area contributed by atoms with Crippen LogP contribution >= 0.6 is 12.4 Å². The van der Waals surface area contributed by atoms with Crippen LogP contribution in [0.25, 0.3) is 0 Å². The van der Waals surface area contributed by atoms with E-state index in [0.29, 0.717) is 6.54 Å². The van der Waals surface area contributed by atoms with Crippen molar-refractivity contribution < 1.29 is 9.53 Å². The van der Waals surface area contributed by atoms with Crippen LogP contribution in [-0.2, 0) is 16.6 Å². The molecule has 0 spiro atoms. The third kappa shape index (κ3) is 3.44. The summed E-state index contributed by atoms with van der Waals surface area (Å²) in [7, 11) is 0. The Morgan fingerprint density at radius 3 is 2.54 bits per heavy atom. The maximum absolute atomic E-state index is 12.6. The van der Waals surface area contributed by atoms with Gasteiger partial charge in [0, 0.05) is 18.0 Å². The molecule has 5 heteroatoms. The Balaban J connectivity index is 0.00000196. The molecule has 4 nitrogen and oxygen atoms in total. The molecule has 0 bridgehead atoms. The highest BCUT2D eigenvalue weighted by Crippen LogP contribution is 2.43. The van der Waals surface area contributed by atoms with Gasteiger partial charge in [-0.2, -0.15) is 0 Å². The summed E-state index contributed by atoms with van der Waals surface area (Å²) in [5, 5.41) is 3.16. The number of nitrogens with one attached hydrogen (secondary N) is 1. The topological polar surface area (TPSA) is 64.3 Å². The zero-order valence-electron chi connectivity index (χ0n) is 14.7. The lowest BCUT2D eigenvalue weighted by molar-refractivity contribution is -0.130. The largest absolute Gasteiger partial charge is 0.480 e. The third-order valence-corrected chi connectivity index (χ3v) is 5.61. The molecule has 2 aromatic rings. The van der Waals surface area contributed by atoms with Crippen molar-refractivity contribution in [3.05, 3.63) is 65.7 Å². The highest BCUT2D eigenvalue weighted by Gasteiger charge is 2.45. The summed E-state index contributed by atoms with van der Waals surface area (Å²) in [6, 6.07) is 18.5. The van der Waals surface area contributed by atoms with Crippen molar-refractivity contribution in [2.45, 2.75) is 43.2 Å². The van der Waals surface area contributed by atoms with Gasteiger partial charge in [0.1, 0.15) is 5.75 Å². The summed E-state index contributed by atoms with van der Waals surface area (Å²) in [5.74, 6) is 0.835. The Bertz CT molecular complexity index is 760. The van der Waals surface area contributed by atoms with Crippen LogP contribution < -0.4 is 15.8 Å². The van der Waals surface area contributed by atoms with Crippen LogP contribution in [0.1, 0.15) is 30.4 Å². The molecule has 1 heterocycles. The monoisotopic (exact) mass is 372 g/mol. The highest BCUT2D eigenvalue weighted by molar-refractivity contribution is 5.85. The molecule has 3 N–H and O–H groups in total. The van der Waals surface area contributed by atoms with Gasteiger partial charge in [0.2, 0.25) is 0 Å². The molecule has 2 aliphatic rings. The van der Waals surface area contributed by atoms with Crippen molar-refractivity contribution in [1.29, 1.82) is 0 Å². The second-order valence-corrected chi connectivity index (χ2v) is 7.22. The first-order valence-corrected chi connectivity index (χ1v) is 9.01. The molecule has 1 aliphatic heterocycles. The summed E-state index contributed by atoms with van der Waals surface area (Å²) < 4.78 is 5.89. The van der Waals surface area contributed by atoms with Gasteiger partial charge in [-0.15, -0.1) is 12.4 Å². The second-order valence-electron chi connectivity index (χ2n) is 7.22. The maximum Gasteiger partial charge on any atom is 0.261 e. The minimum Gasteiger partial charge on any atom is -0.480 e. The smallest absolute Gasteiger partial charge is 0.261 e. The van der Waals surface area contributed by atoms with Gasteiger partial charge in [-0.3, -0.25) is 4.79 Å². The van der Waals surface area contributed by atoms with Crippen molar-refractivity contribution in [3.63, 3.8) is 0 Å². The van der Waals surface area contributed by atoms with Crippen LogP contribution in [0.5, 0.6) is 5.75 Å². The summed E-state index contributed by atoms with van der Waals surface area (Å²) in [6.07, 6.45) is 3.01. The number of para-hydroxylation sites is 1. The number of aryl methyl sites for hydroxylation is 1. The Hall–Kier alpha value is -2.04. The zero-order valence-corrected chi connectivity index (χ0v) is 15.5. The number of nitrogens with two attached hydrogens (primary N) is 1. The normalized spacial score (nSPS) is 26.5. The van der Waals surface area contributed by atoms with E-state index in [1.165, 1.54) is 11.1 Å². The van der Waals surface area contributed by atoms with Gasteiger partial charge in [-0.05, 0) is 42.9 Å². The lowest BCUT2D eigenvalue weighted by Crippen LogP contribution is -2.58. The number of carbonyl (C=O) groups excluding carboxylic acids is 1. The first-order valence-electron chi connectivity index (χ1n) is 9.01. The molecule has 0 aromatic heterocycles. The molecule has 1 saturated carbocycles. The summed E-state index contributed by atoms with van der Waals surface area (Å²) in [6.45, 7) is 0.608. The first-order chi connectivity index (χ1) is 12.2. The standard InChI is InChI=1S/C21H24N2O2.ClH/c22-14-21(16-7-2-1-3-8-16)12-17(13-21)23-20(24)19-11-10-15-6-4-5-9-18(15)25-19;/h1-9,17,19H,10-14,22H2,(H,23,24);1H. The number of fused-ring (bicyclic) bond motifs is 1. The Morgan fingerprint density at radius 1 is 1.12 bits per heavy atom. The van der Waals surface area contributed by atoms with Crippen molar-refractivity contribution in [3.8, 4) is 5.75 Å². The Kier molecular flexibility index (Phi) is 5.54. The van der Waals surface area contributed by atoms with Crippen LogP contribution in [-0.4, -0.2) is 24.6 Å². The van der Waals surface area contributed by atoms with E-state index >= 15 is 0 Å². The number of halogens is 1. The average Bonchev–Trinajstić information content (AvgIpc) is 2.64. The summed E-state index contributed by atoms with van der Waals surface area (Å²) in [5.41, 5.74) is 8.50. The van der Waals surface area contributed by atoms with Crippen LogP contribution in [0.2, 0.25) is 0 Å². The van der Waals surface area contributed by atoms with Gasteiger partial charge in [-0.1, -0.05) is 48.5 Å². The van der Waals surface area contributed by atoms with Crippen LogP contribution in [0.3, 0.4) is 0 Å². The quantitative estimate of drug-likeness (QED) is 0.867. The van der Waals surface area contributed by atoms with Crippen molar-refractivity contribution in [2.24, 2.45) is 5.73 Å². The van der Waals surface area contributed by atoms with E-state index < -0.39 is 0 Å². The number of amides is 1. The Labute approximate surface area is 160 Å². The number of rotatable bonds is 4. The van der Waals surface area contributed by atoms with Gasteiger partial charge in [-0.25, -0.2) is 0 Å². The van der Waals surface area contributed by atoms with Gasteiger partial charge in [0.25, 0.3) is 5.91 Å². The molecule has 0 saturated heterocycles. The van der Waals surface area contributed by atoms with E-state index in [9.17, 15) is 4.79 Å². The molecule has 1 atom stereocenters. The molecule has 1 amide bonds. The van der Waals surface area contributed by atoms with Gasteiger partial charge in [0.05, 0.1) is 0 Å². The van der Waals surface area contributed by atoms with Crippen molar-refractivity contribution >= 4 is 18.3 Å². The van der Waals surface area contributed by atoms with Gasteiger partial charge < -0.3 is 15.8 Å². The molecule has 4 rings (SSSR count).